The Morgan fingerprint density at radius 3 is 2.83 bits per heavy atom. The normalized spacial score (nSPS) is 10.9. The molecule has 6 heteroatoms. The summed E-state index contributed by atoms with van der Waals surface area (Å²) in [6.07, 6.45) is 3.51. The third kappa shape index (κ3) is 2.72. The lowest BCUT2D eigenvalue weighted by Crippen LogP contribution is -1.88. The van der Waals surface area contributed by atoms with Gasteiger partial charge in [0.05, 0.1) is 4.92 Å². The zero-order valence-electron chi connectivity index (χ0n) is 9.53. The van der Waals surface area contributed by atoms with Crippen LogP contribution >= 0.6 is 11.3 Å². The number of aromatic hydroxyl groups is 1. The number of hydrogen-bond donors (Lipinski definition) is 1. The second-order valence-electron chi connectivity index (χ2n) is 3.67. The van der Waals surface area contributed by atoms with Gasteiger partial charge in [0.1, 0.15) is 5.01 Å². The molecule has 0 radical (unpaired) electrons. The minimum atomic E-state index is -0.611. The molecule has 1 heterocycles. The van der Waals surface area contributed by atoms with E-state index in [1.807, 2.05) is 12.3 Å². The lowest BCUT2D eigenvalue weighted by Gasteiger charge is -1.97. The Hall–Kier alpha value is -2.21. The maximum atomic E-state index is 10.7. The highest BCUT2D eigenvalue weighted by Gasteiger charge is 2.12. The number of aryl methyl sites for hydroxylation is 1. The highest BCUT2D eigenvalue weighted by molar-refractivity contribution is 7.10. The number of hydrogen-bond acceptors (Lipinski definition) is 5. The fraction of sp³-hybridized carbons (Fsp3) is 0.0833. The number of aromatic nitrogens is 1. The number of rotatable bonds is 3. The van der Waals surface area contributed by atoms with Gasteiger partial charge in [-0.15, -0.1) is 11.3 Å². The first-order valence-corrected chi connectivity index (χ1v) is 6.02. The van der Waals surface area contributed by atoms with Crippen LogP contribution in [0.15, 0.2) is 23.6 Å². The second-order valence-corrected chi connectivity index (χ2v) is 4.56. The minimum Gasteiger partial charge on any atom is -0.502 e. The maximum absolute atomic E-state index is 10.7. The SMILES string of the molecule is Cc1csc(/C=C/c2ccc(O)c([N+](=O)[O-])c2)n1. The highest BCUT2D eigenvalue weighted by atomic mass is 32.1. The van der Waals surface area contributed by atoms with Crippen molar-refractivity contribution in [3.8, 4) is 5.75 Å². The van der Waals surface area contributed by atoms with Gasteiger partial charge < -0.3 is 5.11 Å². The number of phenolic OH excluding ortho intramolecular Hbond substituents is 1. The van der Waals surface area contributed by atoms with Gasteiger partial charge in [0, 0.05) is 17.1 Å². The fourth-order valence-electron chi connectivity index (χ4n) is 1.41. The minimum absolute atomic E-state index is 0.299. The Morgan fingerprint density at radius 1 is 1.44 bits per heavy atom. The molecule has 1 aromatic heterocycles. The van der Waals surface area contributed by atoms with Crippen LogP contribution in [-0.2, 0) is 0 Å². The van der Waals surface area contributed by atoms with Gasteiger partial charge in [-0.2, -0.15) is 0 Å². The molecular weight excluding hydrogens is 252 g/mol. The van der Waals surface area contributed by atoms with Gasteiger partial charge in [-0.25, -0.2) is 4.98 Å². The van der Waals surface area contributed by atoms with E-state index >= 15 is 0 Å². The number of nitrogens with zero attached hydrogens (tertiary/aromatic N) is 2. The van der Waals surface area contributed by atoms with Crippen LogP contribution in [0, 0.1) is 17.0 Å². The quantitative estimate of drug-likeness (QED) is 0.680. The van der Waals surface area contributed by atoms with E-state index in [9.17, 15) is 15.2 Å². The first-order chi connectivity index (χ1) is 8.56. The van der Waals surface area contributed by atoms with Gasteiger partial charge in [-0.05, 0) is 24.6 Å². The third-order valence-electron chi connectivity index (χ3n) is 2.25. The Kier molecular flexibility index (Phi) is 3.38. The fourth-order valence-corrected chi connectivity index (χ4v) is 2.09. The molecule has 2 rings (SSSR count). The van der Waals surface area contributed by atoms with Crippen molar-refractivity contribution in [2.45, 2.75) is 6.92 Å². The van der Waals surface area contributed by atoms with Crippen LogP contribution in [0.1, 0.15) is 16.3 Å². The van der Waals surface area contributed by atoms with E-state index in [1.165, 1.54) is 23.5 Å². The molecular formula is C12H10N2O3S. The van der Waals surface area contributed by atoms with Gasteiger partial charge in [0.2, 0.25) is 0 Å². The van der Waals surface area contributed by atoms with Crippen molar-refractivity contribution in [2.75, 3.05) is 0 Å². The van der Waals surface area contributed by atoms with E-state index in [0.29, 0.717) is 5.56 Å². The largest absolute Gasteiger partial charge is 0.502 e. The molecule has 0 bridgehead atoms. The highest BCUT2D eigenvalue weighted by Crippen LogP contribution is 2.27. The summed E-state index contributed by atoms with van der Waals surface area (Å²) >= 11 is 1.50. The second kappa shape index (κ2) is 4.97. The van der Waals surface area contributed by atoms with Gasteiger partial charge in [0.25, 0.3) is 0 Å². The smallest absolute Gasteiger partial charge is 0.311 e. The van der Waals surface area contributed by atoms with Gasteiger partial charge in [-0.1, -0.05) is 12.1 Å². The predicted molar refractivity (Wildman–Crippen MR) is 70.5 cm³/mol. The molecule has 1 N–H and O–H groups in total. The molecule has 0 saturated heterocycles. The van der Waals surface area contributed by atoms with E-state index in [2.05, 4.69) is 4.98 Å². The first kappa shape index (κ1) is 12.3. The predicted octanol–water partition coefficient (Wildman–Crippen LogP) is 3.24. The van der Waals surface area contributed by atoms with E-state index in [4.69, 9.17) is 0 Å². The van der Waals surface area contributed by atoms with Crippen molar-refractivity contribution in [2.24, 2.45) is 0 Å². The number of nitro benzene ring substituents is 1. The number of phenols is 1. The van der Waals surface area contributed by atoms with Gasteiger partial charge in [-0.3, -0.25) is 10.1 Å². The molecule has 18 heavy (non-hydrogen) atoms. The average molecular weight is 262 g/mol. The van der Waals surface area contributed by atoms with E-state index in [-0.39, 0.29) is 11.4 Å². The molecule has 0 spiro atoms. The summed E-state index contributed by atoms with van der Waals surface area (Å²) in [6, 6.07) is 4.25. The first-order valence-electron chi connectivity index (χ1n) is 5.14. The summed E-state index contributed by atoms with van der Waals surface area (Å²) in [6.45, 7) is 1.90. The standard InChI is InChI=1S/C12H10N2O3S/c1-8-7-18-12(13-8)5-3-9-2-4-11(15)10(6-9)14(16)17/h2-7,15H,1H3/b5-3+. The number of nitro groups is 1. The van der Waals surface area contributed by atoms with Gasteiger partial charge in [0.15, 0.2) is 5.75 Å². The molecule has 0 fully saturated rings. The molecule has 0 amide bonds. The zero-order valence-corrected chi connectivity index (χ0v) is 10.3. The van der Waals surface area contributed by atoms with Crippen molar-refractivity contribution in [1.82, 2.24) is 4.98 Å². The van der Waals surface area contributed by atoms with E-state index in [1.54, 1.807) is 18.2 Å². The maximum Gasteiger partial charge on any atom is 0.311 e. The molecule has 0 saturated carbocycles. The van der Waals surface area contributed by atoms with E-state index in [0.717, 1.165) is 10.7 Å². The molecule has 92 valence electrons. The van der Waals surface area contributed by atoms with Crippen molar-refractivity contribution < 1.29 is 10.0 Å². The third-order valence-corrected chi connectivity index (χ3v) is 3.18. The summed E-state index contributed by atoms with van der Waals surface area (Å²) in [7, 11) is 0. The van der Waals surface area contributed by atoms with Crippen LogP contribution in [0.2, 0.25) is 0 Å². The van der Waals surface area contributed by atoms with Crippen LogP contribution in [0.25, 0.3) is 12.2 Å². The average Bonchev–Trinajstić information content (AvgIpc) is 2.74. The molecule has 0 aliphatic carbocycles. The molecule has 2 aromatic rings. The summed E-state index contributed by atoms with van der Waals surface area (Å²) in [4.78, 5) is 14.3. The molecule has 5 nitrogen and oxygen atoms in total. The van der Waals surface area contributed by atoms with E-state index < -0.39 is 4.92 Å². The van der Waals surface area contributed by atoms with Crippen molar-refractivity contribution in [1.29, 1.82) is 0 Å². The molecule has 0 unspecified atom stereocenters. The van der Waals surface area contributed by atoms with Crippen LogP contribution in [0.3, 0.4) is 0 Å². The van der Waals surface area contributed by atoms with Crippen LogP contribution in [0.4, 0.5) is 5.69 Å². The lowest BCUT2D eigenvalue weighted by molar-refractivity contribution is -0.385. The summed E-state index contributed by atoms with van der Waals surface area (Å²) in [5.41, 5.74) is 1.29. The summed E-state index contributed by atoms with van der Waals surface area (Å²) in [5.74, 6) is -0.331. The topological polar surface area (TPSA) is 76.3 Å². The Bertz CT molecular complexity index is 620. The van der Waals surface area contributed by atoms with Crippen LogP contribution in [-0.4, -0.2) is 15.0 Å². The number of benzene rings is 1. The molecule has 0 aliphatic heterocycles. The Labute approximate surface area is 107 Å². The zero-order chi connectivity index (χ0) is 13.1. The summed E-state index contributed by atoms with van der Waals surface area (Å²) in [5, 5.41) is 22.7. The van der Waals surface area contributed by atoms with Gasteiger partial charge >= 0.3 is 5.69 Å². The van der Waals surface area contributed by atoms with Crippen LogP contribution in [0.5, 0.6) is 5.75 Å². The van der Waals surface area contributed by atoms with Crippen molar-refractivity contribution >= 4 is 29.2 Å². The summed E-state index contributed by atoms with van der Waals surface area (Å²) < 4.78 is 0. The Balaban J connectivity index is 2.27. The van der Waals surface area contributed by atoms with Crippen molar-refractivity contribution in [3.63, 3.8) is 0 Å². The number of thiazole rings is 1. The van der Waals surface area contributed by atoms with Crippen molar-refractivity contribution in [3.05, 3.63) is 50.0 Å². The Morgan fingerprint density at radius 2 is 2.22 bits per heavy atom. The van der Waals surface area contributed by atoms with Crippen LogP contribution < -0.4 is 0 Å². The molecule has 1 aromatic carbocycles. The lowest BCUT2D eigenvalue weighted by atomic mass is 10.2. The monoisotopic (exact) mass is 262 g/mol. The molecule has 0 atom stereocenters. The molecule has 0 aliphatic rings.